The Labute approximate surface area is 185 Å². The minimum Gasteiger partial charge on any atom is -0.467 e. The van der Waals surface area contributed by atoms with E-state index in [1.54, 1.807) is 12.1 Å². The fraction of sp³-hybridized carbons (Fsp3) is 0.240. The van der Waals surface area contributed by atoms with Gasteiger partial charge in [0.1, 0.15) is 17.9 Å². The Balaban J connectivity index is 1.77. The lowest BCUT2D eigenvalue weighted by Crippen LogP contribution is -2.53. The number of rotatable bonds is 8. The standard InChI is InChI=1S/C25H25FN2O4/c1-16(29)27-22(14-17-8-11-21(26)12-9-17)24(30)28-23(25(31)32-2)15-18-7-10-19-5-3-4-6-20(19)13-18/h3-13,22-23H,14-15H2,1-2H3,(H,27,29)(H,28,30)/t22-,23-/m1/s1. The Bertz CT molecular complexity index is 1110. The van der Waals surface area contributed by atoms with Crippen LogP contribution in [-0.2, 0) is 32.0 Å². The summed E-state index contributed by atoms with van der Waals surface area (Å²) in [6.07, 6.45) is 0.377. The van der Waals surface area contributed by atoms with Gasteiger partial charge in [-0.05, 0) is 34.0 Å². The zero-order chi connectivity index (χ0) is 23.1. The van der Waals surface area contributed by atoms with Gasteiger partial charge in [0.05, 0.1) is 7.11 Å². The van der Waals surface area contributed by atoms with E-state index in [0.29, 0.717) is 5.56 Å². The van der Waals surface area contributed by atoms with E-state index in [1.165, 1.54) is 26.2 Å². The molecule has 6 nitrogen and oxygen atoms in total. The summed E-state index contributed by atoms with van der Waals surface area (Å²) in [6, 6.07) is 17.5. The zero-order valence-electron chi connectivity index (χ0n) is 17.9. The van der Waals surface area contributed by atoms with Crippen molar-refractivity contribution in [2.45, 2.75) is 31.8 Å². The Morgan fingerprint density at radius 3 is 2.12 bits per heavy atom. The predicted molar refractivity (Wildman–Crippen MR) is 119 cm³/mol. The minimum atomic E-state index is -0.932. The SMILES string of the molecule is COC(=O)[C@@H](Cc1ccc2ccccc2c1)NC(=O)[C@@H](Cc1ccc(F)cc1)NC(C)=O. The monoisotopic (exact) mass is 436 g/mol. The lowest BCUT2D eigenvalue weighted by Gasteiger charge is -2.22. The van der Waals surface area contributed by atoms with E-state index < -0.39 is 35.7 Å². The number of esters is 1. The van der Waals surface area contributed by atoms with E-state index in [1.807, 2.05) is 42.5 Å². The van der Waals surface area contributed by atoms with Crippen LogP contribution in [0.5, 0.6) is 0 Å². The predicted octanol–water partition coefficient (Wildman–Crippen LogP) is 2.93. The number of amides is 2. The molecular formula is C25H25FN2O4. The van der Waals surface area contributed by atoms with Crippen LogP contribution in [-0.4, -0.2) is 37.0 Å². The van der Waals surface area contributed by atoms with Crippen molar-refractivity contribution in [2.24, 2.45) is 0 Å². The summed E-state index contributed by atoms with van der Waals surface area (Å²) >= 11 is 0. The van der Waals surface area contributed by atoms with Crippen LogP contribution in [0.4, 0.5) is 4.39 Å². The van der Waals surface area contributed by atoms with Crippen LogP contribution in [0.25, 0.3) is 10.8 Å². The number of carbonyl (C=O) groups is 3. The molecule has 7 heteroatoms. The van der Waals surface area contributed by atoms with Gasteiger partial charge in [-0.15, -0.1) is 0 Å². The average molecular weight is 436 g/mol. The molecule has 3 aromatic rings. The van der Waals surface area contributed by atoms with Gasteiger partial charge in [-0.3, -0.25) is 9.59 Å². The number of fused-ring (bicyclic) bond motifs is 1. The summed E-state index contributed by atoms with van der Waals surface area (Å²) in [5.74, 6) is -1.90. The molecule has 0 aliphatic carbocycles. The summed E-state index contributed by atoms with van der Waals surface area (Å²) in [5.41, 5.74) is 1.53. The maximum atomic E-state index is 13.2. The Morgan fingerprint density at radius 1 is 0.844 bits per heavy atom. The molecule has 0 saturated heterocycles. The smallest absolute Gasteiger partial charge is 0.328 e. The number of halogens is 1. The second-order valence-electron chi connectivity index (χ2n) is 7.55. The van der Waals surface area contributed by atoms with E-state index in [9.17, 15) is 18.8 Å². The number of nitrogens with one attached hydrogen (secondary N) is 2. The molecule has 0 fully saturated rings. The fourth-order valence-electron chi connectivity index (χ4n) is 3.52. The minimum absolute atomic E-state index is 0.148. The highest BCUT2D eigenvalue weighted by Crippen LogP contribution is 2.17. The van der Waals surface area contributed by atoms with E-state index in [2.05, 4.69) is 10.6 Å². The maximum Gasteiger partial charge on any atom is 0.328 e. The van der Waals surface area contributed by atoms with Gasteiger partial charge in [0, 0.05) is 19.8 Å². The molecular weight excluding hydrogens is 411 g/mol. The first-order valence-electron chi connectivity index (χ1n) is 10.2. The van der Waals surface area contributed by atoms with Crippen molar-refractivity contribution in [2.75, 3.05) is 7.11 Å². The second-order valence-corrected chi connectivity index (χ2v) is 7.55. The fourth-order valence-corrected chi connectivity index (χ4v) is 3.52. The van der Waals surface area contributed by atoms with Gasteiger partial charge < -0.3 is 15.4 Å². The molecule has 0 saturated carbocycles. The quantitative estimate of drug-likeness (QED) is 0.532. The molecule has 0 bridgehead atoms. The van der Waals surface area contributed by atoms with Gasteiger partial charge in [-0.2, -0.15) is 0 Å². The molecule has 0 aromatic heterocycles. The Kier molecular flexibility index (Phi) is 7.54. The van der Waals surface area contributed by atoms with Crippen LogP contribution in [0.1, 0.15) is 18.1 Å². The molecule has 0 radical (unpaired) electrons. The summed E-state index contributed by atoms with van der Waals surface area (Å²) in [5, 5.41) is 7.39. The summed E-state index contributed by atoms with van der Waals surface area (Å²) in [7, 11) is 1.26. The zero-order valence-corrected chi connectivity index (χ0v) is 17.9. The number of benzene rings is 3. The number of hydrogen-bond acceptors (Lipinski definition) is 4. The highest BCUT2D eigenvalue weighted by molar-refractivity contribution is 5.91. The highest BCUT2D eigenvalue weighted by atomic mass is 19.1. The molecule has 0 heterocycles. The summed E-state index contributed by atoms with van der Waals surface area (Å²) < 4.78 is 18.1. The first-order chi connectivity index (χ1) is 15.4. The molecule has 0 aliphatic heterocycles. The Morgan fingerprint density at radius 2 is 1.47 bits per heavy atom. The molecule has 0 unspecified atom stereocenters. The van der Waals surface area contributed by atoms with Gasteiger partial charge in [-0.25, -0.2) is 9.18 Å². The normalized spacial score (nSPS) is 12.6. The van der Waals surface area contributed by atoms with E-state index in [4.69, 9.17) is 4.74 Å². The van der Waals surface area contributed by atoms with Gasteiger partial charge in [0.15, 0.2) is 0 Å². The van der Waals surface area contributed by atoms with E-state index >= 15 is 0 Å². The van der Waals surface area contributed by atoms with Crippen LogP contribution >= 0.6 is 0 Å². The van der Waals surface area contributed by atoms with Crippen LogP contribution in [0.15, 0.2) is 66.7 Å². The Hall–Kier alpha value is -3.74. The molecule has 2 atom stereocenters. The number of ether oxygens (including phenoxy) is 1. The largest absolute Gasteiger partial charge is 0.467 e. The van der Waals surface area contributed by atoms with E-state index in [0.717, 1.165) is 16.3 Å². The molecule has 0 aliphatic rings. The topological polar surface area (TPSA) is 84.5 Å². The van der Waals surface area contributed by atoms with Gasteiger partial charge >= 0.3 is 5.97 Å². The van der Waals surface area contributed by atoms with Crippen molar-refractivity contribution in [3.63, 3.8) is 0 Å². The van der Waals surface area contributed by atoms with Gasteiger partial charge in [-0.1, -0.05) is 54.6 Å². The second kappa shape index (κ2) is 10.5. The lowest BCUT2D eigenvalue weighted by atomic mass is 10.0. The third-order valence-electron chi connectivity index (χ3n) is 5.10. The first-order valence-corrected chi connectivity index (χ1v) is 10.2. The maximum absolute atomic E-state index is 13.2. The van der Waals surface area contributed by atoms with Crippen LogP contribution in [0.3, 0.4) is 0 Å². The van der Waals surface area contributed by atoms with Crippen molar-refractivity contribution >= 4 is 28.6 Å². The number of carbonyl (C=O) groups excluding carboxylic acids is 3. The molecule has 3 rings (SSSR count). The lowest BCUT2D eigenvalue weighted by molar-refractivity contribution is -0.145. The molecule has 2 amide bonds. The van der Waals surface area contributed by atoms with Crippen molar-refractivity contribution in [1.29, 1.82) is 0 Å². The van der Waals surface area contributed by atoms with Crippen molar-refractivity contribution in [3.05, 3.63) is 83.7 Å². The van der Waals surface area contributed by atoms with Crippen LogP contribution in [0.2, 0.25) is 0 Å². The summed E-state index contributed by atoms with van der Waals surface area (Å²) in [4.78, 5) is 37.0. The third-order valence-corrected chi connectivity index (χ3v) is 5.10. The molecule has 3 aromatic carbocycles. The van der Waals surface area contributed by atoms with Crippen LogP contribution < -0.4 is 10.6 Å². The first kappa shape index (κ1) is 22.9. The van der Waals surface area contributed by atoms with Crippen molar-refractivity contribution in [1.82, 2.24) is 10.6 Å². The van der Waals surface area contributed by atoms with Crippen molar-refractivity contribution in [3.8, 4) is 0 Å². The molecule has 2 N–H and O–H groups in total. The number of hydrogen-bond donors (Lipinski definition) is 2. The van der Waals surface area contributed by atoms with E-state index in [-0.39, 0.29) is 12.8 Å². The molecule has 32 heavy (non-hydrogen) atoms. The van der Waals surface area contributed by atoms with Crippen molar-refractivity contribution < 1.29 is 23.5 Å². The highest BCUT2D eigenvalue weighted by Gasteiger charge is 2.27. The summed E-state index contributed by atoms with van der Waals surface area (Å²) in [6.45, 7) is 1.30. The number of methoxy groups -OCH3 is 1. The third kappa shape index (κ3) is 6.14. The average Bonchev–Trinajstić information content (AvgIpc) is 2.78. The van der Waals surface area contributed by atoms with Gasteiger partial charge in [0.2, 0.25) is 11.8 Å². The molecule has 166 valence electrons. The van der Waals surface area contributed by atoms with Crippen LogP contribution in [0, 0.1) is 5.82 Å². The van der Waals surface area contributed by atoms with Gasteiger partial charge in [0.25, 0.3) is 0 Å². The molecule has 0 spiro atoms.